The molecule has 7 heteroatoms. The zero-order valence-corrected chi connectivity index (χ0v) is 13.1. The number of nitrogens with zero attached hydrogens (tertiary/aromatic N) is 3. The number of fused-ring (bicyclic) bond motifs is 5. The lowest BCUT2D eigenvalue weighted by atomic mass is 10.1. The molecule has 21 heavy (non-hydrogen) atoms. The summed E-state index contributed by atoms with van der Waals surface area (Å²) in [5.74, 6) is -0.166. The third-order valence-corrected chi connectivity index (χ3v) is 5.33. The summed E-state index contributed by atoms with van der Waals surface area (Å²) in [5, 5.41) is 12.3. The maximum atomic E-state index is 12.6. The van der Waals surface area contributed by atoms with Gasteiger partial charge in [-0.1, -0.05) is 0 Å². The van der Waals surface area contributed by atoms with Crippen molar-refractivity contribution < 1.29 is 9.59 Å². The van der Waals surface area contributed by atoms with Gasteiger partial charge in [0.1, 0.15) is 12.1 Å². The first-order valence-electron chi connectivity index (χ1n) is 6.71. The first-order chi connectivity index (χ1) is 10.1. The molecule has 3 atom stereocenters. The van der Waals surface area contributed by atoms with E-state index in [1.807, 2.05) is 22.6 Å². The lowest BCUT2D eigenvalue weighted by molar-refractivity contribution is -0.120. The first kappa shape index (κ1) is 13.0. The minimum absolute atomic E-state index is 0.0777. The second-order valence-corrected chi connectivity index (χ2v) is 6.65. The van der Waals surface area contributed by atoms with Crippen molar-refractivity contribution in [2.45, 2.75) is 24.5 Å². The molecule has 3 amide bonds. The Kier molecular flexibility index (Phi) is 2.74. The van der Waals surface area contributed by atoms with Crippen LogP contribution >= 0.6 is 22.6 Å². The standard InChI is InChI=1S/C14H11IN4O2/c15-10-3-8(2-1-7(10)5-16)19-13(20)12-11-4-9(6-17-11)18(12)14(19)21/h1-3,9,11-12,17H,4,6H2/t9-,11-,12+/m1/s1. The molecule has 0 saturated carbocycles. The Labute approximate surface area is 134 Å². The normalized spacial score (nSPS) is 30.0. The number of urea groups is 1. The Morgan fingerprint density at radius 2 is 2.19 bits per heavy atom. The number of halogens is 1. The molecule has 3 aliphatic rings. The summed E-state index contributed by atoms with van der Waals surface area (Å²) >= 11 is 2.04. The molecule has 3 heterocycles. The molecule has 0 unspecified atom stereocenters. The van der Waals surface area contributed by atoms with Crippen LogP contribution < -0.4 is 10.2 Å². The Bertz CT molecular complexity index is 685. The van der Waals surface area contributed by atoms with Gasteiger partial charge in [-0.25, -0.2) is 9.69 Å². The van der Waals surface area contributed by atoms with Gasteiger partial charge in [0.25, 0.3) is 5.91 Å². The molecular formula is C14H11IN4O2. The summed E-state index contributed by atoms with van der Waals surface area (Å²) in [6, 6.07) is 6.70. The van der Waals surface area contributed by atoms with E-state index in [4.69, 9.17) is 5.26 Å². The van der Waals surface area contributed by atoms with Crippen LogP contribution in [0.4, 0.5) is 10.5 Å². The van der Waals surface area contributed by atoms with E-state index in [0.717, 1.165) is 16.5 Å². The van der Waals surface area contributed by atoms with E-state index in [-0.39, 0.29) is 30.1 Å². The van der Waals surface area contributed by atoms with E-state index in [2.05, 4.69) is 11.4 Å². The molecule has 1 aromatic carbocycles. The van der Waals surface area contributed by atoms with Gasteiger partial charge in [-0.2, -0.15) is 5.26 Å². The van der Waals surface area contributed by atoms with Crippen LogP contribution in [0.1, 0.15) is 12.0 Å². The predicted octanol–water partition coefficient (Wildman–Crippen LogP) is 1.04. The minimum Gasteiger partial charge on any atom is -0.309 e. The highest BCUT2D eigenvalue weighted by atomic mass is 127. The molecule has 6 nitrogen and oxygen atoms in total. The summed E-state index contributed by atoms with van der Waals surface area (Å²) < 4.78 is 0.737. The van der Waals surface area contributed by atoms with Crippen LogP contribution in [0, 0.1) is 14.9 Å². The van der Waals surface area contributed by atoms with Gasteiger partial charge in [-0.15, -0.1) is 0 Å². The molecule has 4 rings (SSSR count). The fourth-order valence-corrected chi connectivity index (χ4v) is 4.12. The van der Waals surface area contributed by atoms with Gasteiger partial charge < -0.3 is 10.2 Å². The molecule has 2 bridgehead atoms. The van der Waals surface area contributed by atoms with Crippen molar-refractivity contribution in [2.75, 3.05) is 11.4 Å². The van der Waals surface area contributed by atoms with Crippen molar-refractivity contribution in [3.63, 3.8) is 0 Å². The Balaban J connectivity index is 1.74. The van der Waals surface area contributed by atoms with E-state index < -0.39 is 0 Å². The van der Waals surface area contributed by atoms with Crippen LogP contribution in [0.3, 0.4) is 0 Å². The number of nitriles is 1. The van der Waals surface area contributed by atoms with Gasteiger partial charge >= 0.3 is 6.03 Å². The molecule has 0 spiro atoms. The van der Waals surface area contributed by atoms with E-state index in [0.29, 0.717) is 11.3 Å². The van der Waals surface area contributed by atoms with E-state index in [9.17, 15) is 9.59 Å². The van der Waals surface area contributed by atoms with Crippen molar-refractivity contribution in [3.05, 3.63) is 27.3 Å². The first-order valence-corrected chi connectivity index (χ1v) is 7.79. The number of hydrogen-bond donors (Lipinski definition) is 1. The van der Waals surface area contributed by atoms with Crippen LogP contribution in [0.15, 0.2) is 18.2 Å². The number of carbonyl (C=O) groups excluding carboxylic acids is 2. The topological polar surface area (TPSA) is 76.4 Å². The van der Waals surface area contributed by atoms with Gasteiger partial charge in [-0.05, 0) is 47.2 Å². The number of rotatable bonds is 1. The fraction of sp³-hybridized carbons (Fsp3) is 0.357. The molecule has 3 fully saturated rings. The zero-order valence-electron chi connectivity index (χ0n) is 10.9. The van der Waals surface area contributed by atoms with Crippen LogP contribution in [0.25, 0.3) is 0 Å². The summed E-state index contributed by atoms with van der Waals surface area (Å²) in [5.41, 5.74) is 1.09. The van der Waals surface area contributed by atoms with Gasteiger partial charge in [0, 0.05) is 22.2 Å². The summed E-state index contributed by atoms with van der Waals surface area (Å²) in [7, 11) is 0. The van der Waals surface area contributed by atoms with Gasteiger partial charge in [0.15, 0.2) is 0 Å². The molecule has 0 radical (unpaired) electrons. The second kappa shape index (κ2) is 4.42. The van der Waals surface area contributed by atoms with Crippen LogP contribution in [0.5, 0.6) is 0 Å². The lowest BCUT2D eigenvalue weighted by Crippen LogP contribution is -2.51. The molecule has 0 aliphatic carbocycles. The van der Waals surface area contributed by atoms with Gasteiger partial charge in [-0.3, -0.25) is 4.79 Å². The average molecular weight is 394 g/mol. The molecule has 3 aliphatic heterocycles. The van der Waals surface area contributed by atoms with E-state index >= 15 is 0 Å². The van der Waals surface area contributed by atoms with Crippen LogP contribution in [-0.4, -0.2) is 41.5 Å². The highest BCUT2D eigenvalue weighted by molar-refractivity contribution is 14.1. The van der Waals surface area contributed by atoms with Crippen molar-refractivity contribution in [2.24, 2.45) is 0 Å². The number of benzene rings is 1. The maximum absolute atomic E-state index is 12.6. The largest absolute Gasteiger partial charge is 0.332 e. The molecule has 0 aromatic heterocycles. The third kappa shape index (κ3) is 1.66. The van der Waals surface area contributed by atoms with Crippen LogP contribution in [0.2, 0.25) is 0 Å². The third-order valence-electron chi connectivity index (χ3n) is 4.43. The monoisotopic (exact) mass is 394 g/mol. The minimum atomic E-state index is -0.371. The highest BCUT2D eigenvalue weighted by Gasteiger charge is 2.59. The molecule has 106 valence electrons. The Morgan fingerprint density at radius 3 is 2.86 bits per heavy atom. The number of carbonyl (C=O) groups is 2. The molecule has 3 saturated heterocycles. The summed E-state index contributed by atoms with van der Waals surface area (Å²) in [4.78, 5) is 28.2. The molecular weight excluding hydrogens is 383 g/mol. The number of imide groups is 1. The fourth-order valence-electron chi connectivity index (χ4n) is 3.50. The Morgan fingerprint density at radius 1 is 1.38 bits per heavy atom. The number of piperazine rings is 1. The van der Waals surface area contributed by atoms with Crippen molar-refractivity contribution in [1.82, 2.24) is 10.2 Å². The number of anilines is 1. The van der Waals surface area contributed by atoms with Crippen LogP contribution in [-0.2, 0) is 4.79 Å². The zero-order chi connectivity index (χ0) is 14.7. The highest BCUT2D eigenvalue weighted by Crippen LogP contribution is 2.38. The van der Waals surface area contributed by atoms with Crippen molar-refractivity contribution in [1.29, 1.82) is 5.26 Å². The summed E-state index contributed by atoms with van der Waals surface area (Å²) in [6.07, 6.45) is 0.862. The Hall–Kier alpha value is -1.66. The average Bonchev–Trinajstić information content (AvgIpc) is 3.13. The quantitative estimate of drug-likeness (QED) is 0.571. The SMILES string of the molecule is N#Cc1ccc(N2C(=O)[C@@H]3[C@H]4C[C@H](CN4)N3C2=O)cc1I. The predicted molar refractivity (Wildman–Crippen MR) is 82.6 cm³/mol. The number of nitrogens with one attached hydrogen (secondary N) is 1. The van der Waals surface area contributed by atoms with Crippen molar-refractivity contribution >= 4 is 40.2 Å². The molecule has 1 aromatic rings. The second-order valence-electron chi connectivity index (χ2n) is 5.49. The smallest absolute Gasteiger partial charge is 0.309 e. The van der Waals surface area contributed by atoms with E-state index in [1.54, 1.807) is 23.1 Å². The molecule has 1 N–H and O–H groups in total. The lowest BCUT2D eigenvalue weighted by Gasteiger charge is -2.26. The number of hydrogen-bond acceptors (Lipinski definition) is 4. The summed E-state index contributed by atoms with van der Waals surface area (Å²) in [6.45, 7) is 0.763. The van der Waals surface area contributed by atoms with E-state index in [1.165, 1.54) is 4.90 Å². The number of amides is 3. The maximum Gasteiger partial charge on any atom is 0.332 e. The van der Waals surface area contributed by atoms with Gasteiger partial charge in [0.05, 0.1) is 11.3 Å². The van der Waals surface area contributed by atoms with Gasteiger partial charge in [0.2, 0.25) is 0 Å². The van der Waals surface area contributed by atoms with Crippen molar-refractivity contribution in [3.8, 4) is 6.07 Å².